The van der Waals surface area contributed by atoms with E-state index in [0.29, 0.717) is 5.82 Å². The molecule has 2 aromatic rings. The van der Waals surface area contributed by atoms with E-state index in [0.717, 1.165) is 16.3 Å². The Morgan fingerprint density at radius 3 is 2.52 bits per heavy atom. The lowest BCUT2D eigenvalue weighted by Crippen LogP contribution is -2.25. The number of anilines is 1. The molecule has 0 aromatic carbocycles. The predicted octanol–water partition coefficient (Wildman–Crippen LogP) is 3.87. The summed E-state index contributed by atoms with van der Waals surface area (Å²) in [5.41, 5.74) is 7.58. The summed E-state index contributed by atoms with van der Waals surface area (Å²) in [5, 5.41) is 3.10. The first-order chi connectivity index (χ1) is 9.77. The zero-order valence-electron chi connectivity index (χ0n) is 13.3. The van der Waals surface area contributed by atoms with Gasteiger partial charge in [0, 0.05) is 17.1 Å². The smallest absolute Gasteiger partial charge is 0.171 e. The standard InChI is InChI=1S/C15H23N3OSSi/c1-15(2,3)13(19-21(4)5)14-18-11(9-20-14)10-6-7-12(16)17-8-10/h6-9,13,21H,1-5H3,(H2,16,17). The number of thiazole rings is 1. The molecule has 2 N–H and O–H groups in total. The predicted molar refractivity (Wildman–Crippen MR) is 91.9 cm³/mol. The number of nitrogens with zero attached hydrogens (tertiary/aromatic N) is 2. The van der Waals surface area contributed by atoms with E-state index in [-0.39, 0.29) is 11.5 Å². The molecule has 0 bridgehead atoms. The third kappa shape index (κ3) is 4.12. The van der Waals surface area contributed by atoms with E-state index in [4.69, 9.17) is 15.1 Å². The molecule has 0 aliphatic heterocycles. The van der Waals surface area contributed by atoms with E-state index in [9.17, 15) is 0 Å². The van der Waals surface area contributed by atoms with E-state index < -0.39 is 9.04 Å². The molecule has 1 atom stereocenters. The molecule has 2 heterocycles. The summed E-state index contributed by atoms with van der Waals surface area (Å²) in [6.45, 7) is 11.0. The average molecular weight is 322 g/mol. The molecule has 4 nitrogen and oxygen atoms in total. The van der Waals surface area contributed by atoms with Gasteiger partial charge >= 0.3 is 0 Å². The van der Waals surface area contributed by atoms with E-state index in [1.165, 1.54) is 0 Å². The van der Waals surface area contributed by atoms with Crippen molar-refractivity contribution in [2.24, 2.45) is 5.41 Å². The normalized spacial score (nSPS) is 13.6. The average Bonchev–Trinajstić information content (AvgIpc) is 2.84. The van der Waals surface area contributed by atoms with Gasteiger partial charge in [-0.1, -0.05) is 20.8 Å². The van der Waals surface area contributed by atoms with Gasteiger partial charge in [0.15, 0.2) is 9.04 Å². The van der Waals surface area contributed by atoms with Crippen molar-refractivity contribution in [3.8, 4) is 11.3 Å². The lowest BCUT2D eigenvalue weighted by atomic mass is 9.89. The van der Waals surface area contributed by atoms with Gasteiger partial charge in [0.05, 0.1) is 5.69 Å². The lowest BCUT2D eigenvalue weighted by molar-refractivity contribution is 0.0864. The van der Waals surface area contributed by atoms with Gasteiger partial charge in [0.1, 0.15) is 16.9 Å². The van der Waals surface area contributed by atoms with E-state index in [2.05, 4.69) is 44.2 Å². The summed E-state index contributed by atoms with van der Waals surface area (Å²) >= 11 is 1.65. The Hall–Kier alpha value is -1.24. The lowest BCUT2D eigenvalue weighted by Gasteiger charge is -2.30. The van der Waals surface area contributed by atoms with Gasteiger partial charge in [-0.15, -0.1) is 11.3 Å². The number of rotatable bonds is 4. The van der Waals surface area contributed by atoms with Gasteiger partial charge in [-0.2, -0.15) is 0 Å². The maximum Gasteiger partial charge on any atom is 0.171 e. The monoisotopic (exact) mass is 321 g/mol. The van der Waals surface area contributed by atoms with Gasteiger partial charge in [-0.3, -0.25) is 0 Å². The van der Waals surface area contributed by atoms with Gasteiger partial charge < -0.3 is 10.2 Å². The molecule has 1 unspecified atom stereocenters. The Kier molecular flexibility index (Phi) is 4.80. The second-order valence-electron chi connectivity index (χ2n) is 6.47. The first-order valence-corrected chi connectivity index (χ1v) is 10.8. The number of nitrogens with two attached hydrogens (primary N) is 1. The van der Waals surface area contributed by atoms with Crippen molar-refractivity contribution in [1.82, 2.24) is 9.97 Å². The molecular formula is C15H23N3OSSi. The quantitative estimate of drug-likeness (QED) is 0.868. The van der Waals surface area contributed by atoms with Crippen molar-refractivity contribution in [1.29, 1.82) is 0 Å². The zero-order valence-corrected chi connectivity index (χ0v) is 15.2. The zero-order chi connectivity index (χ0) is 15.6. The largest absolute Gasteiger partial charge is 0.411 e. The van der Waals surface area contributed by atoms with Crippen LogP contribution in [0.5, 0.6) is 0 Å². The van der Waals surface area contributed by atoms with Crippen LogP contribution in [-0.2, 0) is 4.43 Å². The summed E-state index contributed by atoms with van der Waals surface area (Å²) in [6.07, 6.45) is 1.81. The molecule has 21 heavy (non-hydrogen) atoms. The Labute approximate surface area is 132 Å². The molecular weight excluding hydrogens is 298 g/mol. The Bertz CT molecular complexity index is 590. The number of nitrogen functional groups attached to an aromatic ring is 1. The van der Waals surface area contributed by atoms with Crippen molar-refractivity contribution < 1.29 is 4.43 Å². The Morgan fingerprint density at radius 1 is 1.29 bits per heavy atom. The summed E-state index contributed by atoms with van der Waals surface area (Å²) in [4.78, 5) is 8.89. The second-order valence-corrected chi connectivity index (χ2v) is 9.73. The summed E-state index contributed by atoms with van der Waals surface area (Å²) < 4.78 is 6.22. The highest BCUT2D eigenvalue weighted by atomic mass is 32.1. The van der Waals surface area contributed by atoms with Crippen molar-refractivity contribution in [2.45, 2.75) is 40.0 Å². The fraction of sp³-hybridized carbons (Fsp3) is 0.467. The molecule has 0 aliphatic rings. The van der Waals surface area contributed by atoms with Crippen LogP contribution in [0.3, 0.4) is 0 Å². The van der Waals surface area contributed by atoms with Crippen LogP contribution in [0.4, 0.5) is 5.82 Å². The molecule has 0 spiro atoms. The third-order valence-electron chi connectivity index (χ3n) is 3.02. The van der Waals surface area contributed by atoms with Crippen LogP contribution in [-0.4, -0.2) is 19.0 Å². The van der Waals surface area contributed by atoms with Crippen molar-refractivity contribution in [2.75, 3.05) is 5.73 Å². The maximum atomic E-state index is 6.22. The SMILES string of the molecule is C[SiH](C)OC(c1nc(-c2ccc(N)nc2)cs1)C(C)(C)C. The van der Waals surface area contributed by atoms with Gasteiger partial charge in [-0.25, -0.2) is 9.97 Å². The number of pyridine rings is 1. The summed E-state index contributed by atoms with van der Waals surface area (Å²) in [5.74, 6) is 0.524. The Morgan fingerprint density at radius 2 is 2.00 bits per heavy atom. The van der Waals surface area contributed by atoms with Gasteiger partial charge in [0.25, 0.3) is 0 Å². The summed E-state index contributed by atoms with van der Waals surface area (Å²) in [7, 11) is -1.13. The second kappa shape index (κ2) is 6.25. The molecule has 0 saturated carbocycles. The summed E-state index contributed by atoms with van der Waals surface area (Å²) in [6, 6.07) is 3.75. The van der Waals surface area contributed by atoms with Crippen molar-refractivity contribution in [3.05, 3.63) is 28.7 Å². The minimum atomic E-state index is -1.13. The number of aromatic nitrogens is 2. The van der Waals surface area contributed by atoms with E-state index in [1.54, 1.807) is 23.6 Å². The molecule has 0 radical (unpaired) electrons. The van der Waals surface area contributed by atoms with Crippen LogP contribution < -0.4 is 5.73 Å². The van der Waals surface area contributed by atoms with Crippen molar-refractivity contribution >= 4 is 26.2 Å². The van der Waals surface area contributed by atoms with Gasteiger partial charge in [-0.05, 0) is 30.6 Å². The number of hydrogen-bond donors (Lipinski definition) is 1. The maximum absolute atomic E-state index is 6.22. The van der Waals surface area contributed by atoms with Gasteiger partial charge in [0.2, 0.25) is 0 Å². The molecule has 0 amide bonds. The first-order valence-electron chi connectivity index (χ1n) is 7.10. The molecule has 2 aromatic heterocycles. The highest BCUT2D eigenvalue weighted by molar-refractivity contribution is 7.10. The molecule has 0 saturated heterocycles. The topological polar surface area (TPSA) is 61.0 Å². The van der Waals surface area contributed by atoms with Crippen LogP contribution in [0.2, 0.25) is 13.1 Å². The minimum Gasteiger partial charge on any atom is -0.411 e. The molecule has 114 valence electrons. The fourth-order valence-electron chi connectivity index (χ4n) is 2.00. The Balaban J connectivity index is 2.30. The van der Waals surface area contributed by atoms with Crippen LogP contribution in [0.1, 0.15) is 31.9 Å². The molecule has 0 aliphatic carbocycles. The van der Waals surface area contributed by atoms with Crippen LogP contribution in [0, 0.1) is 5.41 Å². The first kappa shape index (κ1) is 16.1. The molecule has 6 heteroatoms. The fourth-order valence-corrected chi connectivity index (χ4v) is 4.29. The van der Waals surface area contributed by atoms with Crippen LogP contribution >= 0.6 is 11.3 Å². The third-order valence-corrected chi connectivity index (χ3v) is 4.73. The molecule has 0 fully saturated rings. The van der Waals surface area contributed by atoms with E-state index in [1.807, 2.05) is 6.07 Å². The highest BCUT2D eigenvalue weighted by Gasteiger charge is 2.30. The number of hydrogen-bond acceptors (Lipinski definition) is 5. The van der Waals surface area contributed by atoms with Crippen molar-refractivity contribution in [3.63, 3.8) is 0 Å². The van der Waals surface area contributed by atoms with Crippen LogP contribution in [0.25, 0.3) is 11.3 Å². The minimum absolute atomic E-state index is 0.0335. The highest BCUT2D eigenvalue weighted by Crippen LogP contribution is 2.39. The van der Waals surface area contributed by atoms with Crippen LogP contribution in [0.15, 0.2) is 23.7 Å². The van der Waals surface area contributed by atoms with E-state index >= 15 is 0 Å². The molecule has 2 rings (SSSR count).